The van der Waals surface area contributed by atoms with E-state index in [4.69, 9.17) is 22.1 Å². The average molecular weight is 313 g/mol. The maximum atomic E-state index is 5.89. The minimum absolute atomic E-state index is 0.575. The lowest BCUT2D eigenvalue weighted by molar-refractivity contribution is 0.344. The molecule has 0 saturated carbocycles. The number of halogens is 1. The summed E-state index contributed by atoms with van der Waals surface area (Å²) in [5, 5.41) is 9.75. The molecule has 1 aromatic heterocycles. The van der Waals surface area contributed by atoms with Gasteiger partial charge in [0.05, 0.1) is 6.61 Å². The molecule has 1 heterocycles. The van der Waals surface area contributed by atoms with E-state index >= 15 is 0 Å². The summed E-state index contributed by atoms with van der Waals surface area (Å²) in [4.78, 5) is 0. The summed E-state index contributed by atoms with van der Waals surface area (Å²) in [7, 11) is 0. The van der Waals surface area contributed by atoms with Crippen molar-refractivity contribution in [1.82, 2.24) is 14.8 Å². The van der Waals surface area contributed by atoms with Gasteiger partial charge < -0.3 is 15.0 Å². The topological polar surface area (TPSA) is 66.0 Å². The van der Waals surface area contributed by atoms with Crippen molar-refractivity contribution in [2.24, 2.45) is 5.73 Å². The van der Waals surface area contributed by atoms with Crippen LogP contribution in [0.4, 0.5) is 0 Å². The van der Waals surface area contributed by atoms with E-state index in [9.17, 15) is 0 Å². The Bertz CT molecular complexity index is 561. The molecule has 1 aromatic carbocycles. The highest BCUT2D eigenvalue weighted by Crippen LogP contribution is 2.19. The molecule has 0 saturated heterocycles. The minimum atomic E-state index is 0.575. The van der Waals surface area contributed by atoms with Gasteiger partial charge in [-0.05, 0) is 25.1 Å². The van der Waals surface area contributed by atoms with Crippen LogP contribution in [0.25, 0.3) is 0 Å². The fourth-order valence-electron chi connectivity index (χ4n) is 1.70. The molecule has 2 rings (SSSR count). The molecule has 0 radical (unpaired) electrons. The number of ether oxygens (including phenoxy) is 1. The van der Waals surface area contributed by atoms with E-state index in [0.717, 1.165) is 29.0 Å². The summed E-state index contributed by atoms with van der Waals surface area (Å²) >= 11 is 7.50. The van der Waals surface area contributed by atoms with Crippen LogP contribution in [0.5, 0.6) is 5.75 Å². The Labute approximate surface area is 127 Å². The first-order valence-corrected chi connectivity index (χ1v) is 7.68. The molecule has 0 aliphatic carbocycles. The number of rotatable bonds is 7. The third-order valence-corrected chi connectivity index (χ3v) is 3.80. The Morgan fingerprint density at radius 2 is 2.25 bits per heavy atom. The SMILES string of the molecule is Cc1nnc(SCCOc2cccc(Cl)c2)n1CCN. The van der Waals surface area contributed by atoms with Crippen LogP contribution >= 0.6 is 23.4 Å². The predicted molar refractivity (Wildman–Crippen MR) is 81.5 cm³/mol. The molecular formula is C13H17ClN4OS. The van der Waals surface area contributed by atoms with E-state index < -0.39 is 0 Å². The van der Waals surface area contributed by atoms with Crippen molar-refractivity contribution in [2.45, 2.75) is 18.6 Å². The van der Waals surface area contributed by atoms with E-state index in [1.807, 2.05) is 29.7 Å². The van der Waals surface area contributed by atoms with Crippen molar-refractivity contribution in [2.75, 3.05) is 18.9 Å². The van der Waals surface area contributed by atoms with Gasteiger partial charge in [-0.1, -0.05) is 29.4 Å². The number of nitrogens with two attached hydrogens (primary N) is 1. The minimum Gasteiger partial charge on any atom is -0.493 e. The van der Waals surface area contributed by atoms with Crippen LogP contribution in [0.2, 0.25) is 5.02 Å². The number of benzene rings is 1. The molecule has 0 unspecified atom stereocenters. The Hall–Kier alpha value is -1.24. The highest BCUT2D eigenvalue weighted by molar-refractivity contribution is 7.99. The Morgan fingerprint density at radius 3 is 3.00 bits per heavy atom. The van der Waals surface area contributed by atoms with Crippen molar-refractivity contribution >= 4 is 23.4 Å². The molecule has 2 N–H and O–H groups in total. The normalized spacial score (nSPS) is 10.8. The predicted octanol–water partition coefficient (Wildman–Crippen LogP) is 2.37. The van der Waals surface area contributed by atoms with Crippen molar-refractivity contribution in [1.29, 1.82) is 0 Å². The molecule has 0 amide bonds. The van der Waals surface area contributed by atoms with Gasteiger partial charge in [-0.25, -0.2) is 0 Å². The molecule has 0 spiro atoms. The second kappa shape index (κ2) is 7.52. The molecule has 0 aliphatic rings. The second-order valence-corrected chi connectivity index (χ2v) is 5.62. The van der Waals surface area contributed by atoms with E-state index in [-0.39, 0.29) is 0 Å². The van der Waals surface area contributed by atoms with Gasteiger partial charge in [-0.15, -0.1) is 10.2 Å². The lowest BCUT2D eigenvalue weighted by Crippen LogP contribution is -2.12. The van der Waals surface area contributed by atoms with E-state index in [2.05, 4.69) is 10.2 Å². The number of aryl methyl sites for hydroxylation is 1. The number of thioether (sulfide) groups is 1. The Balaban J connectivity index is 1.81. The van der Waals surface area contributed by atoms with Crippen LogP contribution in [-0.2, 0) is 6.54 Å². The molecular weight excluding hydrogens is 296 g/mol. The summed E-state index contributed by atoms with van der Waals surface area (Å²) in [6.45, 7) is 3.82. The quantitative estimate of drug-likeness (QED) is 0.628. The van der Waals surface area contributed by atoms with Crippen molar-refractivity contribution in [3.05, 3.63) is 35.1 Å². The van der Waals surface area contributed by atoms with Crippen LogP contribution in [0.3, 0.4) is 0 Å². The van der Waals surface area contributed by atoms with Crippen LogP contribution in [0, 0.1) is 6.92 Å². The Kier molecular flexibility index (Phi) is 5.70. The van der Waals surface area contributed by atoms with Gasteiger partial charge in [-0.2, -0.15) is 0 Å². The average Bonchev–Trinajstić information content (AvgIpc) is 2.77. The molecule has 108 valence electrons. The van der Waals surface area contributed by atoms with Crippen molar-refractivity contribution in [3.63, 3.8) is 0 Å². The summed E-state index contributed by atoms with van der Waals surface area (Å²) in [5.74, 6) is 2.45. The lowest BCUT2D eigenvalue weighted by Gasteiger charge is -2.08. The number of aromatic nitrogens is 3. The maximum Gasteiger partial charge on any atom is 0.191 e. The van der Waals surface area contributed by atoms with E-state index in [1.54, 1.807) is 17.8 Å². The van der Waals surface area contributed by atoms with Crippen molar-refractivity contribution in [3.8, 4) is 5.75 Å². The zero-order valence-electron chi connectivity index (χ0n) is 11.3. The Morgan fingerprint density at radius 1 is 1.40 bits per heavy atom. The lowest BCUT2D eigenvalue weighted by atomic mass is 10.3. The maximum absolute atomic E-state index is 5.89. The largest absolute Gasteiger partial charge is 0.493 e. The third-order valence-electron chi connectivity index (χ3n) is 2.63. The fourth-order valence-corrected chi connectivity index (χ4v) is 2.71. The van der Waals surface area contributed by atoms with Crippen LogP contribution in [0.1, 0.15) is 5.82 Å². The molecule has 5 nitrogen and oxygen atoms in total. The standard InChI is InChI=1S/C13H17ClN4OS/c1-10-16-17-13(18(10)6-5-15)20-8-7-19-12-4-2-3-11(14)9-12/h2-4,9H,5-8,15H2,1H3. The van der Waals surface area contributed by atoms with Gasteiger partial charge in [0.15, 0.2) is 5.16 Å². The summed E-state index contributed by atoms with van der Waals surface area (Å²) < 4.78 is 7.65. The number of hydrogen-bond donors (Lipinski definition) is 1. The molecule has 0 fully saturated rings. The molecule has 20 heavy (non-hydrogen) atoms. The van der Waals surface area contributed by atoms with Gasteiger partial charge in [-0.3, -0.25) is 0 Å². The van der Waals surface area contributed by atoms with Gasteiger partial charge in [0.1, 0.15) is 11.6 Å². The van der Waals surface area contributed by atoms with Crippen molar-refractivity contribution < 1.29 is 4.74 Å². The van der Waals surface area contributed by atoms with E-state index in [0.29, 0.717) is 18.2 Å². The third kappa shape index (κ3) is 4.13. The number of nitrogens with zero attached hydrogens (tertiary/aromatic N) is 3. The fraction of sp³-hybridized carbons (Fsp3) is 0.385. The first-order chi connectivity index (χ1) is 9.70. The highest BCUT2D eigenvalue weighted by atomic mass is 35.5. The molecule has 7 heteroatoms. The summed E-state index contributed by atoms with van der Waals surface area (Å²) in [5.41, 5.74) is 5.58. The zero-order valence-corrected chi connectivity index (χ0v) is 12.8. The van der Waals surface area contributed by atoms with Gasteiger partial charge in [0.2, 0.25) is 0 Å². The molecule has 0 bridgehead atoms. The smallest absolute Gasteiger partial charge is 0.191 e. The summed E-state index contributed by atoms with van der Waals surface area (Å²) in [6.07, 6.45) is 0. The summed E-state index contributed by atoms with van der Waals surface area (Å²) in [6, 6.07) is 7.37. The zero-order chi connectivity index (χ0) is 14.4. The second-order valence-electron chi connectivity index (χ2n) is 4.12. The van der Waals surface area contributed by atoms with Crippen LogP contribution in [0.15, 0.2) is 29.4 Å². The molecule has 2 aromatic rings. The van der Waals surface area contributed by atoms with Gasteiger partial charge >= 0.3 is 0 Å². The van der Waals surface area contributed by atoms with Crippen LogP contribution in [-0.4, -0.2) is 33.7 Å². The monoisotopic (exact) mass is 312 g/mol. The molecule has 0 atom stereocenters. The highest BCUT2D eigenvalue weighted by Gasteiger charge is 2.08. The first kappa shape index (κ1) is 15.2. The van der Waals surface area contributed by atoms with E-state index in [1.165, 1.54) is 0 Å². The van der Waals surface area contributed by atoms with Crippen LogP contribution < -0.4 is 10.5 Å². The van der Waals surface area contributed by atoms with Gasteiger partial charge in [0, 0.05) is 23.9 Å². The van der Waals surface area contributed by atoms with Gasteiger partial charge in [0.25, 0.3) is 0 Å². The molecule has 0 aliphatic heterocycles. The first-order valence-electron chi connectivity index (χ1n) is 6.31. The number of hydrogen-bond acceptors (Lipinski definition) is 5.